The Kier molecular flexibility index (Phi) is 9.48. The normalized spacial score (nSPS) is 11.3. The van der Waals surface area contributed by atoms with Gasteiger partial charge in [-0.15, -0.1) is 40.2 Å². The van der Waals surface area contributed by atoms with Crippen LogP contribution in [0.4, 0.5) is 0 Å². The SMILES string of the molecule is CCCc1c[c-]([Si](CC)(CC)[c-]2c(C)c(C)c(C)c2C)c2ccccc12.[Cl][Zr+2][Cl]. The van der Waals surface area contributed by atoms with Gasteiger partial charge in [0, 0.05) is 8.07 Å². The fourth-order valence-corrected chi connectivity index (χ4v) is 10.5. The van der Waals surface area contributed by atoms with Gasteiger partial charge in [0.2, 0.25) is 0 Å². The molecule has 0 saturated carbocycles. The Morgan fingerprint density at radius 1 is 0.897 bits per heavy atom. The fraction of sp³-hybridized carbons (Fsp3) is 0.440. The molecular formula is C25H34Cl2SiZr. The maximum atomic E-state index is 4.93. The molecule has 0 spiro atoms. The molecule has 0 N–H and O–H groups in total. The Morgan fingerprint density at radius 3 is 1.90 bits per heavy atom. The van der Waals surface area contributed by atoms with Gasteiger partial charge in [0.05, 0.1) is 0 Å². The van der Waals surface area contributed by atoms with Gasteiger partial charge in [-0.3, -0.25) is 0 Å². The number of halogens is 2. The number of hydrogen-bond donors (Lipinski definition) is 0. The molecule has 0 aliphatic rings. The molecule has 29 heavy (non-hydrogen) atoms. The van der Waals surface area contributed by atoms with Gasteiger partial charge in [0.15, 0.2) is 0 Å². The van der Waals surface area contributed by atoms with E-state index in [4.69, 9.17) is 17.0 Å². The second-order valence-electron chi connectivity index (χ2n) is 8.11. The second-order valence-corrected chi connectivity index (χ2v) is 16.5. The molecule has 3 aromatic carbocycles. The Bertz CT molecular complexity index is 922. The van der Waals surface area contributed by atoms with Crippen LogP contribution in [0.5, 0.6) is 0 Å². The first-order valence-electron chi connectivity index (χ1n) is 10.7. The van der Waals surface area contributed by atoms with Crippen molar-refractivity contribution in [2.24, 2.45) is 0 Å². The third-order valence-corrected chi connectivity index (χ3v) is 12.6. The predicted molar refractivity (Wildman–Crippen MR) is 132 cm³/mol. The van der Waals surface area contributed by atoms with Crippen molar-refractivity contribution in [3.05, 3.63) is 58.1 Å². The van der Waals surface area contributed by atoms with Gasteiger partial charge in [0.25, 0.3) is 0 Å². The summed E-state index contributed by atoms with van der Waals surface area (Å²) in [6.07, 6.45) is 2.41. The quantitative estimate of drug-likeness (QED) is 0.232. The van der Waals surface area contributed by atoms with E-state index in [2.05, 4.69) is 78.8 Å². The van der Waals surface area contributed by atoms with Gasteiger partial charge in [-0.1, -0.05) is 79.5 Å². The van der Waals surface area contributed by atoms with E-state index >= 15 is 0 Å². The van der Waals surface area contributed by atoms with Crippen molar-refractivity contribution in [3.8, 4) is 0 Å². The molecule has 156 valence electrons. The second kappa shape index (κ2) is 10.9. The Hall–Kier alpha value is -0.140. The zero-order valence-electron chi connectivity index (χ0n) is 19.0. The summed E-state index contributed by atoms with van der Waals surface area (Å²) in [6, 6.07) is 14.3. The van der Waals surface area contributed by atoms with Crippen molar-refractivity contribution in [1.29, 1.82) is 0 Å². The molecular weight excluding hydrogens is 490 g/mol. The molecule has 0 nitrogen and oxygen atoms in total. The van der Waals surface area contributed by atoms with Crippen LogP contribution in [0.1, 0.15) is 55.0 Å². The van der Waals surface area contributed by atoms with Crippen molar-refractivity contribution < 1.29 is 20.8 Å². The summed E-state index contributed by atoms with van der Waals surface area (Å²) in [5.74, 6) is 0. The summed E-state index contributed by atoms with van der Waals surface area (Å²) in [4.78, 5) is 0. The average molecular weight is 525 g/mol. The van der Waals surface area contributed by atoms with Crippen LogP contribution in [0.2, 0.25) is 12.1 Å². The van der Waals surface area contributed by atoms with Crippen molar-refractivity contribution in [3.63, 3.8) is 0 Å². The van der Waals surface area contributed by atoms with Crippen molar-refractivity contribution in [2.45, 2.75) is 73.4 Å². The molecule has 0 heterocycles. The number of rotatable bonds is 6. The van der Waals surface area contributed by atoms with Crippen LogP contribution in [0.15, 0.2) is 30.3 Å². The summed E-state index contributed by atoms with van der Waals surface area (Å²) in [7, 11) is 8.10. The van der Waals surface area contributed by atoms with Gasteiger partial charge < -0.3 is 0 Å². The van der Waals surface area contributed by atoms with E-state index < -0.39 is 28.9 Å². The molecule has 0 amide bonds. The van der Waals surface area contributed by atoms with Gasteiger partial charge in [0.1, 0.15) is 0 Å². The first-order chi connectivity index (χ1) is 13.8. The molecule has 0 saturated heterocycles. The van der Waals surface area contributed by atoms with Crippen LogP contribution in [0.25, 0.3) is 10.8 Å². The Balaban J connectivity index is 0.000000941. The van der Waals surface area contributed by atoms with Crippen molar-refractivity contribution >= 4 is 46.2 Å². The number of aryl methyl sites for hydroxylation is 1. The zero-order valence-corrected chi connectivity index (χ0v) is 23.9. The van der Waals surface area contributed by atoms with Crippen LogP contribution in [-0.2, 0) is 27.3 Å². The Labute approximate surface area is 197 Å². The minimum absolute atomic E-state index is 0.826. The van der Waals surface area contributed by atoms with Crippen LogP contribution < -0.4 is 10.4 Å². The minimum atomic E-state index is -1.77. The maximum absolute atomic E-state index is 4.93. The van der Waals surface area contributed by atoms with E-state index in [1.54, 1.807) is 27.1 Å². The zero-order chi connectivity index (χ0) is 21.8. The van der Waals surface area contributed by atoms with E-state index in [0.717, 1.165) is 0 Å². The molecule has 3 rings (SSSR count). The molecule has 0 unspecified atom stereocenters. The van der Waals surface area contributed by atoms with Crippen molar-refractivity contribution in [1.82, 2.24) is 0 Å². The van der Waals surface area contributed by atoms with Crippen LogP contribution >= 0.6 is 17.0 Å². The van der Waals surface area contributed by atoms with E-state index in [0.29, 0.717) is 0 Å². The van der Waals surface area contributed by atoms with Crippen LogP contribution in [0, 0.1) is 27.7 Å². The molecule has 0 bridgehead atoms. The monoisotopic (exact) mass is 522 g/mol. The summed E-state index contributed by atoms with van der Waals surface area (Å²) < 4.78 is 0. The third kappa shape index (κ3) is 4.57. The predicted octanol–water partition coefficient (Wildman–Crippen LogP) is 7.44. The molecule has 3 aromatic rings. The molecule has 0 fully saturated rings. The van der Waals surface area contributed by atoms with Gasteiger partial charge >= 0.3 is 37.9 Å². The Morgan fingerprint density at radius 2 is 1.41 bits per heavy atom. The van der Waals surface area contributed by atoms with E-state index in [9.17, 15) is 0 Å². The average Bonchev–Trinajstić information content (AvgIpc) is 3.18. The molecule has 0 aromatic heterocycles. The van der Waals surface area contributed by atoms with E-state index in [1.807, 2.05) is 0 Å². The number of benzene rings is 1. The van der Waals surface area contributed by atoms with Gasteiger partial charge in [-0.05, 0) is 0 Å². The van der Waals surface area contributed by atoms with Gasteiger partial charge in [-0.2, -0.15) is 33.0 Å². The van der Waals surface area contributed by atoms with E-state index in [1.165, 1.54) is 46.8 Å². The fourth-order valence-electron chi connectivity index (χ4n) is 5.26. The summed E-state index contributed by atoms with van der Waals surface area (Å²) in [5, 5.41) is 6.45. The molecule has 0 radical (unpaired) electrons. The summed E-state index contributed by atoms with van der Waals surface area (Å²) >= 11 is -0.826. The topological polar surface area (TPSA) is 0 Å². The molecule has 4 heteroatoms. The van der Waals surface area contributed by atoms with Gasteiger partial charge in [-0.25, -0.2) is 0 Å². The standard InChI is InChI=1S/C25H34Si.2ClH.Zr/c1-8-13-21-16-24(23-15-12-11-14-22(21)23)26(9-2,10-3)25-19(6)17(4)18(5)20(25)7;;;/h11-12,14-16H,8-10,13H2,1-7H3;2*1H;/q-2;;;+4/p-2. The first kappa shape index (κ1) is 25.1. The molecule has 0 atom stereocenters. The summed E-state index contributed by atoms with van der Waals surface area (Å²) in [5.41, 5.74) is 7.73. The summed E-state index contributed by atoms with van der Waals surface area (Å²) in [6.45, 7) is 16.5. The van der Waals surface area contributed by atoms with Crippen molar-refractivity contribution in [2.75, 3.05) is 0 Å². The van der Waals surface area contributed by atoms with Crippen LogP contribution in [0.3, 0.4) is 0 Å². The molecule has 0 aliphatic carbocycles. The first-order valence-corrected chi connectivity index (χ1v) is 19.5. The third-order valence-electron chi connectivity index (χ3n) is 7.04. The number of hydrogen-bond acceptors (Lipinski definition) is 0. The molecule has 0 aliphatic heterocycles. The van der Waals surface area contributed by atoms with Crippen LogP contribution in [-0.4, -0.2) is 8.07 Å². The number of fused-ring (bicyclic) bond motifs is 1. The van der Waals surface area contributed by atoms with E-state index in [-0.39, 0.29) is 0 Å².